The van der Waals surface area contributed by atoms with Crippen LogP contribution < -0.4 is 16.4 Å². The number of aromatic nitrogens is 1. The summed E-state index contributed by atoms with van der Waals surface area (Å²) in [7, 11) is 0. The highest BCUT2D eigenvalue weighted by molar-refractivity contribution is 7.12. The number of carbonyl (C=O) groups excluding carboxylic acids is 1. The van der Waals surface area contributed by atoms with Crippen LogP contribution in [0, 0.1) is 13.8 Å². The van der Waals surface area contributed by atoms with Crippen molar-refractivity contribution in [2.75, 3.05) is 10.6 Å². The summed E-state index contributed by atoms with van der Waals surface area (Å²) in [5, 5.41) is 6.76. The van der Waals surface area contributed by atoms with E-state index in [9.17, 15) is 4.79 Å². The number of anilines is 2. The molecule has 25 heavy (non-hydrogen) atoms. The van der Waals surface area contributed by atoms with Crippen LogP contribution in [-0.4, -0.2) is 17.1 Å². The molecule has 0 bridgehead atoms. The predicted octanol–water partition coefficient (Wildman–Crippen LogP) is 3.67. The van der Waals surface area contributed by atoms with Crippen LogP contribution in [0.1, 0.15) is 22.5 Å². The molecule has 130 valence electrons. The summed E-state index contributed by atoms with van der Waals surface area (Å²) >= 11 is 1.56. The molecule has 0 spiro atoms. The molecule has 1 aromatic carbocycles. The lowest BCUT2D eigenvalue weighted by Crippen LogP contribution is -2.05. The molecule has 0 atom stereocenters. The van der Waals surface area contributed by atoms with Gasteiger partial charge in [0.05, 0.1) is 21.3 Å². The second-order valence-corrected chi connectivity index (χ2v) is 6.58. The topological polar surface area (TPSA) is 92.4 Å². The van der Waals surface area contributed by atoms with Gasteiger partial charge in [-0.15, -0.1) is 11.3 Å². The van der Waals surface area contributed by atoms with Crippen LogP contribution in [0.3, 0.4) is 0 Å². The largest absolute Gasteiger partial charge is 0.397 e. The molecule has 2 rings (SSSR count). The lowest BCUT2D eigenvalue weighted by atomic mass is 10.3. The van der Waals surface area contributed by atoms with E-state index in [2.05, 4.69) is 27.2 Å². The van der Waals surface area contributed by atoms with Crippen LogP contribution in [0.5, 0.6) is 0 Å². The highest BCUT2D eigenvalue weighted by Crippen LogP contribution is 2.22. The highest BCUT2D eigenvalue weighted by atomic mass is 32.1. The lowest BCUT2D eigenvalue weighted by molar-refractivity contribution is -0.114. The molecule has 2 aromatic rings. The van der Waals surface area contributed by atoms with Gasteiger partial charge in [0.15, 0.2) is 0 Å². The minimum atomic E-state index is -0.106. The molecule has 7 heteroatoms. The molecular weight excluding hydrogens is 334 g/mol. The van der Waals surface area contributed by atoms with Crippen LogP contribution in [-0.2, 0) is 4.79 Å². The van der Waals surface area contributed by atoms with Gasteiger partial charge in [0.2, 0.25) is 5.91 Å². The summed E-state index contributed by atoms with van der Waals surface area (Å²) in [5.41, 5.74) is 9.16. The van der Waals surface area contributed by atoms with Crippen molar-refractivity contribution < 1.29 is 4.79 Å². The van der Waals surface area contributed by atoms with E-state index in [-0.39, 0.29) is 5.91 Å². The van der Waals surface area contributed by atoms with Crippen LogP contribution in [0.4, 0.5) is 11.4 Å². The van der Waals surface area contributed by atoms with Crippen molar-refractivity contribution in [2.45, 2.75) is 20.8 Å². The Morgan fingerprint density at radius 2 is 1.84 bits per heavy atom. The average molecular weight is 355 g/mol. The van der Waals surface area contributed by atoms with E-state index < -0.39 is 0 Å². The van der Waals surface area contributed by atoms with Gasteiger partial charge in [0.25, 0.3) is 0 Å². The second kappa shape index (κ2) is 8.25. The Morgan fingerprint density at radius 3 is 2.36 bits per heavy atom. The van der Waals surface area contributed by atoms with E-state index in [4.69, 9.17) is 5.73 Å². The van der Waals surface area contributed by atoms with Crippen LogP contribution >= 0.6 is 11.3 Å². The SMILES string of the molecule is C=C(N=C/C=C(\N)c1sc(C)nc1C)Nc1ccc(NC(C)=O)cc1. The Bertz CT molecular complexity index is 834. The molecule has 1 aromatic heterocycles. The van der Waals surface area contributed by atoms with Crippen LogP contribution in [0.15, 0.2) is 47.7 Å². The van der Waals surface area contributed by atoms with Gasteiger partial charge in [-0.05, 0) is 44.2 Å². The van der Waals surface area contributed by atoms with Gasteiger partial charge in [-0.3, -0.25) is 4.79 Å². The maximum Gasteiger partial charge on any atom is 0.221 e. The van der Waals surface area contributed by atoms with Gasteiger partial charge in [-0.1, -0.05) is 6.58 Å². The van der Waals surface area contributed by atoms with Gasteiger partial charge in [-0.25, -0.2) is 9.98 Å². The normalized spacial score (nSPS) is 11.6. The number of amides is 1. The molecule has 0 aliphatic rings. The zero-order valence-corrected chi connectivity index (χ0v) is 15.3. The average Bonchev–Trinajstić information content (AvgIpc) is 2.87. The summed E-state index contributed by atoms with van der Waals surface area (Å²) in [5.74, 6) is 0.374. The number of hydrogen-bond acceptors (Lipinski definition) is 6. The molecular formula is C18H21N5OS. The van der Waals surface area contributed by atoms with Crippen molar-refractivity contribution in [3.05, 3.63) is 58.3 Å². The number of nitrogens with two attached hydrogens (primary N) is 1. The number of aryl methyl sites for hydroxylation is 2. The summed E-state index contributed by atoms with van der Waals surface area (Å²) < 4.78 is 0. The van der Waals surface area contributed by atoms with E-state index in [1.54, 1.807) is 35.8 Å². The molecule has 0 saturated heterocycles. The number of thiazole rings is 1. The van der Waals surface area contributed by atoms with Gasteiger partial charge in [0.1, 0.15) is 5.82 Å². The fourth-order valence-electron chi connectivity index (χ4n) is 2.12. The molecule has 1 amide bonds. The monoisotopic (exact) mass is 355 g/mol. The van der Waals surface area contributed by atoms with Gasteiger partial charge in [0, 0.05) is 24.5 Å². The third-order valence-corrected chi connectivity index (χ3v) is 4.27. The Balaban J connectivity index is 1.95. The second-order valence-electron chi connectivity index (χ2n) is 5.38. The molecule has 1 heterocycles. The first kappa shape index (κ1) is 18.4. The van der Waals surface area contributed by atoms with Gasteiger partial charge < -0.3 is 16.4 Å². The number of benzene rings is 1. The van der Waals surface area contributed by atoms with Gasteiger partial charge >= 0.3 is 0 Å². The van der Waals surface area contributed by atoms with Crippen molar-refractivity contribution in [2.24, 2.45) is 10.7 Å². The lowest BCUT2D eigenvalue weighted by Gasteiger charge is -2.07. The summed E-state index contributed by atoms with van der Waals surface area (Å²) in [4.78, 5) is 20.5. The molecule has 0 aliphatic carbocycles. The Morgan fingerprint density at radius 1 is 1.24 bits per heavy atom. The van der Waals surface area contributed by atoms with Crippen LogP contribution in [0.25, 0.3) is 5.70 Å². The van der Waals surface area contributed by atoms with Crippen molar-refractivity contribution in [3.63, 3.8) is 0 Å². The minimum absolute atomic E-state index is 0.106. The first-order valence-electron chi connectivity index (χ1n) is 7.63. The van der Waals surface area contributed by atoms with Crippen LogP contribution in [0.2, 0.25) is 0 Å². The predicted molar refractivity (Wildman–Crippen MR) is 106 cm³/mol. The Labute approximate surface area is 151 Å². The van der Waals surface area contributed by atoms with Crippen molar-refractivity contribution in [1.29, 1.82) is 0 Å². The molecule has 0 saturated carbocycles. The third-order valence-electron chi connectivity index (χ3n) is 3.14. The van der Waals surface area contributed by atoms with E-state index in [0.29, 0.717) is 11.5 Å². The van der Waals surface area contributed by atoms with E-state index in [1.807, 2.05) is 26.0 Å². The van der Waals surface area contributed by atoms with Crippen molar-refractivity contribution in [3.8, 4) is 0 Å². The molecule has 0 fully saturated rings. The number of allylic oxidation sites excluding steroid dienone is 1. The first-order chi connectivity index (χ1) is 11.8. The standard InChI is InChI=1S/C18H21N5OS/c1-11-18(25-14(4)21-11)17(19)9-10-20-12(2)22-15-5-7-16(8-6-15)23-13(3)24/h5-10,22H,2,19H2,1,3-4H3,(H,23,24)/b17-9-,20-10?. The fraction of sp³-hybridized carbons (Fsp3) is 0.167. The fourth-order valence-corrected chi connectivity index (χ4v) is 2.98. The maximum atomic E-state index is 11.0. The zero-order valence-electron chi connectivity index (χ0n) is 14.5. The molecule has 6 nitrogen and oxygen atoms in total. The third kappa shape index (κ3) is 5.58. The number of carbonyl (C=O) groups is 1. The molecule has 0 radical (unpaired) electrons. The zero-order chi connectivity index (χ0) is 18.4. The first-order valence-corrected chi connectivity index (χ1v) is 8.44. The Hall–Kier alpha value is -2.93. The quantitative estimate of drug-likeness (QED) is 0.689. The van der Waals surface area contributed by atoms with Gasteiger partial charge in [-0.2, -0.15) is 0 Å². The highest BCUT2D eigenvalue weighted by Gasteiger charge is 2.06. The number of rotatable bonds is 6. The number of nitrogens with zero attached hydrogens (tertiary/aromatic N) is 2. The smallest absolute Gasteiger partial charge is 0.221 e. The summed E-state index contributed by atoms with van der Waals surface area (Å²) in [6.07, 6.45) is 3.33. The van der Waals surface area contributed by atoms with Crippen molar-refractivity contribution in [1.82, 2.24) is 4.98 Å². The number of hydrogen-bond donors (Lipinski definition) is 3. The number of nitrogens with one attached hydrogen (secondary N) is 2. The van der Waals surface area contributed by atoms with Crippen molar-refractivity contribution >= 4 is 40.5 Å². The van der Waals surface area contributed by atoms with E-state index >= 15 is 0 Å². The molecule has 0 unspecified atom stereocenters. The number of aliphatic imine (C=N–C) groups is 1. The Kier molecular flexibility index (Phi) is 6.08. The molecule has 4 N–H and O–H groups in total. The molecule has 0 aliphatic heterocycles. The summed E-state index contributed by atoms with van der Waals surface area (Å²) in [6.45, 7) is 9.20. The van der Waals surface area contributed by atoms with E-state index in [1.165, 1.54) is 6.92 Å². The minimum Gasteiger partial charge on any atom is -0.397 e. The summed E-state index contributed by atoms with van der Waals surface area (Å²) in [6, 6.07) is 7.26. The van der Waals surface area contributed by atoms with E-state index in [0.717, 1.165) is 27.0 Å². The maximum absolute atomic E-state index is 11.0.